The fourth-order valence-corrected chi connectivity index (χ4v) is 4.77. The van der Waals surface area contributed by atoms with Gasteiger partial charge in [-0.1, -0.05) is 12.1 Å². The molecule has 0 aliphatic heterocycles. The molecule has 5 rings (SSSR count). The number of benzene rings is 1. The van der Waals surface area contributed by atoms with E-state index in [-0.39, 0.29) is 18.0 Å². The van der Waals surface area contributed by atoms with Gasteiger partial charge in [0.25, 0.3) is 0 Å². The number of hydrogen-bond acceptors (Lipinski definition) is 5. The molecule has 0 spiro atoms. The van der Waals surface area contributed by atoms with Gasteiger partial charge in [0.15, 0.2) is 11.6 Å². The van der Waals surface area contributed by atoms with Crippen molar-refractivity contribution in [2.75, 3.05) is 0 Å². The van der Waals surface area contributed by atoms with Gasteiger partial charge in [-0.3, -0.25) is 14.8 Å². The summed E-state index contributed by atoms with van der Waals surface area (Å²) < 4.78 is 21.5. The van der Waals surface area contributed by atoms with Gasteiger partial charge in [-0.25, -0.2) is 4.39 Å². The molecule has 1 fully saturated rings. The number of fused-ring (bicyclic) bond motifs is 1. The van der Waals surface area contributed by atoms with E-state index in [1.165, 1.54) is 17.4 Å². The van der Waals surface area contributed by atoms with Gasteiger partial charge in [-0.15, -0.1) is 22.9 Å². The molecule has 0 radical (unpaired) electrons. The minimum atomic E-state index is -0.484. The average molecular weight is 467 g/mol. The Labute approximate surface area is 194 Å². The number of carbonyl (C=O) groups is 1. The first-order valence-electron chi connectivity index (χ1n) is 10.5. The first-order valence-corrected chi connectivity index (χ1v) is 11.8. The zero-order chi connectivity index (χ0) is 22.1. The number of ketones is 1. The van der Waals surface area contributed by atoms with Gasteiger partial charge in [0, 0.05) is 37.2 Å². The van der Waals surface area contributed by atoms with E-state index in [1.807, 2.05) is 18.2 Å². The van der Waals surface area contributed by atoms with E-state index in [1.54, 1.807) is 30.6 Å². The Hall–Kier alpha value is -2.83. The van der Waals surface area contributed by atoms with Crippen molar-refractivity contribution in [3.05, 3.63) is 71.8 Å². The van der Waals surface area contributed by atoms with Crippen molar-refractivity contribution in [2.24, 2.45) is 5.92 Å². The highest BCUT2D eigenvalue weighted by Crippen LogP contribution is 2.39. The number of halogens is 2. The van der Waals surface area contributed by atoms with Crippen LogP contribution in [0.25, 0.3) is 20.8 Å². The van der Waals surface area contributed by atoms with E-state index in [9.17, 15) is 9.18 Å². The molecule has 4 nitrogen and oxygen atoms in total. The number of carbonyl (C=O) groups excluding carboxylic acids is 1. The van der Waals surface area contributed by atoms with Gasteiger partial charge in [-0.2, -0.15) is 0 Å². The van der Waals surface area contributed by atoms with Gasteiger partial charge in [0.1, 0.15) is 11.5 Å². The SMILES string of the molecule is O=C(Cc1ccc(Oc2ccnc3cc(-c4ccc(CCl)cn4)sc23)c(F)c1)CC1CC1. The number of Topliss-reactive ketones (excluding diaryl/α,β-unsaturated/α-hetero) is 1. The van der Waals surface area contributed by atoms with Crippen LogP contribution in [0.4, 0.5) is 4.39 Å². The van der Waals surface area contributed by atoms with Gasteiger partial charge >= 0.3 is 0 Å². The molecule has 1 aliphatic rings. The first-order chi connectivity index (χ1) is 15.6. The Morgan fingerprint density at radius 3 is 2.66 bits per heavy atom. The molecule has 1 saturated carbocycles. The monoisotopic (exact) mass is 466 g/mol. The van der Waals surface area contributed by atoms with E-state index in [0.29, 0.717) is 29.5 Å². The maximum atomic E-state index is 14.7. The molecule has 0 N–H and O–H groups in total. The molecule has 32 heavy (non-hydrogen) atoms. The van der Waals surface area contributed by atoms with E-state index >= 15 is 0 Å². The van der Waals surface area contributed by atoms with Gasteiger partial charge in [0.05, 0.1) is 20.8 Å². The molecule has 4 aromatic rings. The molecule has 0 unspecified atom stereocenters. The number of pyridine rings is 2. The summed E-state index contributed by atoms with van der Waals surface area (Å²) in [5.41, 5.74) is 3.20. The van der Waals surface area contributed by atoms with Crippen LogP contribution < -0.4 is 4.74 Å². The quantitative estimate of drug-likeness (QED) is 0.264. The Kier molecular flexibility index (Phi) is 5.89. The van der Waals surface area contributed by atoms with Crippen molar-refractivity contribution in [3.63, 3.8) is 0 Å². The lowest BCUT2D eigenvalue weighted by molar-refractivity contribution is -0.118. The maximum Gasteiger partial charge on any atom is 0.166 e. The lowest BCUT2D eigenvalue weighted by atomic mass is 10.0. The van der Waals surface area contributed by atoms with Gasteiger partial charge < -0.3 is 4.74 Å². The summed E-state index contributed by atoms with van der Waals surface area (Å²) in [6, 6.07) is 12.3. The fraction of sp³-hybridized carbons (Fsp3) is 0.240. The molecular formula is C25H20ClFN2O2S. The van der Waals surface area contributed by atoms with Crippen molar-refractivity contribution in [1.29, 1.82) is 0 Å². The van der Waals surface area contributed by atoms with E-state index in [0.717, 1.165) is 39.2 Å². The fourth-order valence-electron chi connectivity index (χ4n) is 3.57. The smallest absolute Gasteiger partial charge is 0.166 e. The molecule has 7 heteroatoms. The van der Waals surface area contributed by atoms with E-state index < -0.39 is 5.82 Å². The van der Waals surface area contributed by atoms with Crippen LogP contribution in [-0.2, 0) is 17.1 Å². The molecule has 1 aromatic carbocycles. The summed E-state index contributed by atoms with van der Waals surface area (Å²) >= 11 is 7.33. The second-order valence-electron chi connectivity index (χ2n) is 8.05. The van der Waals surface area contributed by atoms with Crippen LogP contribution in [0, 0.1) is 11.7 Å². The van der Waals surface area contributed by atoms with E-state index in [4.69, 9.17) is 16.3 Å². The summed E-state index contributed by atoms with van der Waals surface area (Å²) in [5.74, 6) is 1.28. The summed E-state index contributed by atoms with van der Waals surface area (Å²) in [7, 11) is 0. The van der Waals surface area contributed by atoms with Gasteiger partial charge in [-0.05, 0) is 54.2 Å². The second-order valence-corrected chi connectivity index (χ2v) is 9.37. The summed E-state index contributed by atoms with van der Waals surface area (Å²) in [5, 5.41) is 0. The summed E-state index contributed by atoms with van der Waals surface area (Å²) in [4.78, 5) is 21.9. The lowest BCUT2D eigenvalue weighted by Gasteiger charge is -2.09. The number of hydrogen-bond donors (Lipinski definition) is 0. The molecule has 0 bridgehead atoms. The van der Waals surface area contributed by atoms with Gasteiger partial charge in [0.2, 0.25) is 0 Å². The number of rotatable bonds is 8. The summed E-state index contributed by atoms with van der Waals surface area (Å²) in [6.45, 7) is 0. The Morgan fingerprint density at radius 1 is 1.09 bits per heavy atom. The van der Waals surface area contributed by atoms with Crippen molar-refractivity contribution in [2.45, 2.75) is 31.6 Å². The third-order valence-corrected chi connectivity index (χ3v) is 6.91. The highest BCUT2D eigenvalue weighted by atomic mass is 35.5. The lowest BCUT2D eigenvalue weighted by Crippen LogP contribution is -2.04. The maximum absolute atomic E-state index is 14.7. The van der Waals surface area contributed by atoms with Crippen LogP contribution in [0.1, 0.15) is 30.4 Å². The standard InChI is InChI=1S/C25H20ClFN2O2S/c26-13-17-3-5-20(29-14-17)24-12-21-25(32-24)23(7-8-28-21)31-22-6-4-16(11-19(22)27)10-18(30)9-15-1-2-15/h3-8,11-12,14-15H,1-2,9-10,13H2. The number of ether oxygens (including phenoxy) is 1. The van der Waals surface area contributed by atoms with Crippen LogP contribution in [-0.4, -0.2) is 15.8 Å². The third kappa shape index (κ3) is 4.66. The zero-order valence-electron chi connectivity index (χ0n) is 17.2. The van der Waals surface area contributed by atoms with Crippen molar-refractivity contribution in [1.82, 2.24) is 9.97 Å². The normalized spacial score (nSPS) is 13.4. The zero-order valence-corrected chi connectivity index (χ0v) is 18.8. The van der Waals surface area contributed by atoms with Crippen molar-refractivity contribution >= 4 is 38.9 Å². The predicted molar refractivity (Wildman–Crippen MR) is 125 cm³/mol. The molecule has 0 saturated heterocycles. The topological polar surface area (TPSA) is 52.1 Å². The second kappa shape index (κ2) is 8.96. The highest BCUT2D eigenvalue weighted by Gasteiger charge is 2.24. The van der Waals surface area contributed by atoms with Crippen LogP contribution in [0.2, 0.25) is 0 Å². The van der Waals surface area contributed by atoms with E-state index in [2.05, 4.69) is 9.97 Å². The summed E-state index contributed by atoms with van der Waals surface area (Å²) in [6.07, 6.45) is 6.51. The van der Waals surface area contributed by atoms with Crippen LogP contribution in [0.5, 0.6) is 11.5 Å². The Bertz CT molecular complexity index is 1290. The number of alkyl halides is 1. The van der Waals surface area contributed by atoms with Crippen LogP contribution in [0.3, 0.4) is 0 Å². The average Bonchev–Trinajstić information content (AvgIpc) is 3.49. The number of thiophene rings is 1. The third-order valence-electron chi connectivity index (χ3n) is 5.44. The molecule has 1 aliphatic carbocycles. The predicted octanol–water partition coefficient (Wildman–Crippen LogP) is 6.94. The highest BCUT2D eigenvalue weighted by molar-refractivity contribution is 7.22. The molecule has 3 heterocycles. The molecular weight excluding hydrogens is 447 g/mol. The number of aromatic nitrogens is 2. The van der Waals surface area contributed by atoms with Crippen molar-refractivity contribution < 1.29 is 13.9 Å². The van der Waals surface area contributed by atoms with Crippen molar-refractivity contribution in [3.8, 4) is 22.1 Å². The number of nitrogens with zero attached hydrogens (tertiary/aromatic N) is 2. The van der Waals surface area contributed by atoms with Crippen LogP contribution >= 0.6 is 22.9 Å². The first kappa shape index (κ1) is 21.0. The molecule has 3 aromatic heterocycles. The Balaban J connectivity index is 1.37. The largest absolute Gasteiger partial charge is 0.453 e. The Morgan fingerprint density at radius 2 is 1.94 bits per heavy atom. The molecule has 162 valence electrons. The molecule has 0 amide bonds. The minimum Gasteiger partial charge on any atom is -0.453 e. The minimum absolute atomic E-state index is 0.121. The molecule has 0 atom stereocenters. The van der Waals surface area contributed by atoms with Crippen LogP contribution in [0.15, 0.2) is 54.9 Å².